The number of H-pyrrole nitrogens is 1. The number of aliphatic carboxylic acids is 1. The van der Waals surface area contributed by atoms with Gasteiger partial charge in [0, 0.05) is 5.92 Å². The fraction of sp³-hybridized carbons (Fsp3) is 0.750. The van der Waals surface area contributed by atoms with Gasteiger partial charge in [-0.15, -0.1) is 10.2 Å². The van der Waals surface area contributed by atoms with E-state index in [1.807, 2.05) is 6.92 Å². The maximum absolute atomic E-state index is 10.9. The van der Waals surface area contributed by atoms with Crippen LogP contribution in [-0.4, -0.2) is 31.7 Å². The van der Waals surface area contributed by atoms with Gasteiger partial charge in [-0.3, -0.25) is 4.79 Å². The minimum Gasteiger partial charge on any atom is -0.481 e. The van der Waals surface area contributed by atoms with Crippen molar-refractivity contribution in [2.75, 3.05) is 0 Å². The molecule has 1 heterocycles. The number of hydrogen-bond donors (Lipinski definition) is 2. The molecule has 0 aliphatic carbocycles. The molecule has 0 bridgehead atoms. The van der Waals surface area contributed by atoms with E-state index in [4.69, 9.17) is 5.11 Å². The van der Waals surface area contributed by atoms with Crippen LogP contribution in [0.25, 0.3) is 0 Å². The molecule has 0 aliphatic heterocycles. The zero-order valence-corrected chi connectivity index (χ0v) is 8.27. The Morgan fingerprint density at radius 1 is 1.64 bits per heavy atom. The first-order chi connectivity index (χ1) is 6.66. The molecule has 0 saturated heterocycles. The minimum absolute atomic E-state index is 0.203. The molecule has 2 unspecified atom stereocenters. The fourth-order valence-corrected chi connectivity index (χ4v) is 1.44. The van der Waals surface area contributed by atoms with E-state index in [-0.39, 0.29) is 5.92 Å². The van der Waals surface area contributed by atoms with Gasteiger partial charge in [-0.05, 0) is 6.42 Å². The van der Waals surface area contributed by atoms with Crippen molar-refractivity contribution in [3.63, 3.8) is 0 Å². The van der Waals surface area contributed by atoms with Crippen LogP contribution < -0.4 is 0 Å². The summed E-state index contributed by atoms with van der Waals surface area (Å²) in [6, 6.07) is 0. The number of rotatable bonds is 5. The van der Waals surface area contributed by atoms with Crippen LogP contribution in [0.1, 0.15) is 38.4 Å². The van der Waals surface area contributed by atoms with E-state index in [0.29, 0.717) is 12.2 Å². The standard InChI is InChI=1S/C8H14N4O2/c1-3-4-6(8(13)14)5(2)7-9-11-12-10-7/h5-6H,3-4H2,1-2H3,(H,13,14)(H,9,10,11,12). The Kier molecular flexibility index (Phi) is 3.55. The van der Waals surface area contributed by atoms with Gasteiger partial charge in [0.1, 0.15) is 0 Å². The summed E-state index contributed by atoms with van der Waals surface area (Å²) < 4.78 is 0. The molecule has 6 nitrogen and oxygen atoms in total. The summed E-state index contributed by atoms with van der Waals surface area (Å²) >= 11 is 0. The summed E-state index contributed by atoms with van der Waals surface area (Å²) in [5, 5.41) is 22.3. The number of carbonyl (C=O) groups is 1. The Balaban J connectivity index is 2.73. The molecule has 1 rings (SSSR count). The average molecular weight is 198 g/mol. The van der Waals surface area contributed by atoms with E-state index in [1.54, 1.807) is 6.92 Å². The second-order valence-corrected chi connectivity index (χ2v) is 3.29. The van der Waals surface area contributed by atoms with Gasteiger partial charge in [0.05, 0.1) is 5.92 Å². The van der Waals surface area contributed by atoms with E-state index in [1.165, 1.54) is 0 Å². The lowest BCUT2D eigenvalue weighted by Crippen LogP contribution is -2.21. The number of aromatic amines is 1. The van der Waals surface area contributed by atoms with Gasteiger partial charge in [0.25, 0.3) is 0 Å². The number of nitrogens with zero attached hydrogens (tertiary/aromatic N) is 3. The monoisotopic (exact) mass is 198 g/mol. The fourth-order valence-electron chi connectivity index (χ4n) is 1.44. The Bertz CT molecular complexity index is 286. The molecule has 1 aromatic rings. The van der Waals surface area contributed by atoms with Crippen LogP contribution in [0, 0.1) is 5.92 Å². The lowest BCUT2D eigenvalue weighted by Gasteiger charge is -2.15. The number of carboxylic acid groups (broad SMARTS) is 1. The lowest BCUT2D eigenvalue weighted by molar-refractivity contribution is -0.142. The SMILES string of the molecule is CCCC(C(=O)O)C(C)c1nn[nH]n1. The maximum Gasteiger partial charge on any atom is 0.307 e. The highest BCUT2D eigenvalue weighted by atomic mass is 16.4. The van der Waals surface area contributed by atoms with E-state index in [2.05, 4.69) is 20.6 Å². The summed E-state index contributed by atoms with van der Waals surface area (Å²) in [5.41, 5.74) is 0. The molecule has 0 aromatic carbocycles. The Morgan fingerprint density at radius 2 is 2.36 bits per heavy atom. The Hall–Kier alpha value is -1.46. The van der Waals surface area contributed by atoms with Gasteiger partial charge in [-0.25, -0.2) is 0 Å². The van der Waals surface area contributed by atoms with Crippen LogP contribution in [0.4, 0.5) is 0 Å². The largest absolute Gasteiger partial charge is 0.481 e. The van der Waals surface area contributed by atoms with Crippen LogP contribution >= 0.6 is 0 Å². The predicted octanol–water partition coefficient (Wildman–Crippen LogP) is 0.804. The number of aromatic nitrogens is 4. The molecule has 1 aromatic heterocycles. The number of carboxylic acids is 1. The molecule has 6 heteroatoms. The molecular formula is C8H14N4O2. The molecule has 78 valence electrons. The topological polar surface area (TPSA) is 91.8 Å². The summed E-state index contributed by atoms with van der Waals surface area (Å²) in [7, 11) is 0. The molecule has 2 atom stereocenters. The van der Waals surface area contributed by atoms with E-state index in [9.17, 15) is 4.79 Å². The number of hydrogen-bond acceptors (Lipinski definition) is 4. The molecular weight excluding hydrogens is 184 g/mol. The molecule has 14 heavy (non-hydrogen) atoms. The van der Waals surface area contributed by atoms with Crippen molar-refractivity contribution in [1.82, 2.24) is 20.6 Å². The summed E-state index contributed by atoms with van der Waals surface area (Å²) in [6.07, 6.45) is 1.46. The summed E-state index contributed by atoms with van der Waals surface area (Å²) in [5.74, 6) is -0.973. The van der Waals surface area contributed by atoms with Gasteiger partial charge < -0.3 is 5.11 Å². The van der Waals surface area contributed by atoms with Crippen LogP contribution in [0.5, 0.6) is 0 Å². The van der Waals surface area contributed by atoms with E-state index in [0.717, 1.165) is 6.42 Å². The first-order valence-electron chi connectivity index (χ1n) is 4.63. The molecule has 0 fully saturated rings. The maximum atomic E-state index is 10.9. The minimum atomic E-state index is -0.802. The smallest absolute Gasteiger partial charge is 0.307 e. The Labute approximate surface area is 81.7 Å². The summed E-state index contributed by atoms with van der Waals surface area (Å²) in [4.78, 5) is 10.9. The van der Waals surface area contributed by atoms with Crippen LogP contribution in [0.15, 0.2) is 0 Å². The first kappa shape index (κ1) is 10.6. The highest BCUT2D eigenvalue weighted by molar-refractivity contribution is 5.71. The van der Waals surface area contributed by atoms with Crippen molar-refractivity contribution in [3.05, 3.63) is 5.82 Å². The molecule has 0 spiro atoms. The predicted molar refractivity (Wildman–Crippen MR) is 48.6 cm³/mol. The summed E-state index contributed by atoms with van der Waals surface area (Å²) in [6.45, 7) is 3.76. The van der Waals surface area contributed by atoms with Crippen molar-refractivity contribution in [2.45, 2.75) is 32.6 Å². The van der Waals surface area contributed by atoms with Crippen molar-refractivity contribution in [3.8, 4) is 0 Å². The molecule has 2 N–H and O–H groups in total. The van der Waals surface area contributed by atoms with Crippen LogP contribution in [0.3, 0.4) is 0 Å². The highest BCUT2D eigenvalue weighted by Crippen LogP contribution is 2.24. The van der Waals surface area contributed by atoms with E-state index >= 15 is 0 Å². The molecule has 0 radical (unpaired) electrons. The third-order valence-corrected chi connectivity index (χ3v) is 2.29. The zero-order valence-electron chi connectivity index (χ0n) is 8.27. The quantitative estimate of drug-likeness (QED) is 0.730. The van der Waals surface area contributed by atoms with Crippen LogP contribution in [-0.2, 0) is 4.79 Å². The third kappa shape index (κ3) is 2.27. The second-order valence-electron chi connectivity index (χ2n) is 3.29. The van der Waals surface area contributed by atoms with Gasteiger partial charge in [0.2, 0.25) is 0 Å². The molecule has 0 aliphatic rings. The second kappa shape index (κ2) is 4.69. The zero-order chi connectivity index (χ0) is 10.6. The lowest BCUT2D eigenvalue weighted by atomic mass is 9.89. The number of tetrazole rings is 1. The Morgan fingerprint density at radius 3 is 2.79 bits per heavy atom. The normalized spacial score (nSPS) is 15.0. The van der Waals surface area contributed by atoms with Gasteiger partial charge in [-0.1, -0.05) is 25.5 Å². The van der Waals surface area contributed by atoms with E-state index < -0.39 is 11.9 Å². The molecule has 0 saturated carbocycles. The van der Waals surface area contributed by atoms with Crippen molar-refractivity contribution in [1.29, 1.82) is 0 Å². The molecule has 0 amide bonds. The first-order valence-corrected chi connectivity index (χ1v) is 4.63. The van der Waals surface area contributed by atoms with Crippen molar-refractivity contribution in [2.24, 2.45) is 5.92 Å². The van der Waals surface area contributed by atoms with Crippen molar-refractivity contribution >= 4 is 5.97 Å². The van der Waals surface area contributed by atoms with Crippen molar-refractivity contribution < 1.29 is 9.90 Å². The van der Waals surface area contributed by atoms with Gasteiger partial charge in [0.15, 0.2) is 5.82 Å². The van der Waals surface area contributed by atoms with Crippen LogP contribution in [0.2, 0.25) is 0 Å². The third-order valence-electron chi connectivity index (χ3n) is 2.29. The van der Waals surface area contributed by atoms with Gasteiger partial charge in [-0.2, -0.15) is 5.21 Å². The average Bonchev–Trinajstić information content (AvgIpc) is 2.65. The van der Waals surface area contributed by atoms with Gasteiger partial charge >= 0.3 is 5.97 Å². The number of nitrogens with one attached hydrogen (secondary N) is 1. The highest BCUT2D eigenvalue weighted by Gasteiger charge is 2.27.